The smallest absolute Gasteiger partial charge is 0.240 e. The maximum absolute atomic E-state index is 5.68. The van der Waals surface area contributed by atoms with Gasteiger partial charge >= 0.3 is 0 Å². The number of aryl methyl sites for hydroxylation is 1. The number of piperidine rings is 1. The summed E-state index contributed by atoms with van der Waals surface area (Å²) in [7, 11) is 0. The van der Waals surface area contributed by atoms with Crippen molar-refractivity contribution in [3.8, 4) is 0 Å². The zero-order chi connectivity index (χ0) is 11.8. The molecule has 0 aromatic carbocycles. The third-order valence-corrected chi connectivity index (χ3v) is 3.26. The van der Waals surface area contributed by atoms with Crippen molar-refractivity contribution in [3.63, 3.8) is 0 Å². The van der Waals surface area contributed by atoms with Crippen LogP contribution in [0.4, 0.5) is 11.8 Å². The number of nitrogens with zero attached hydrogens (tertiary/aromatic N) is 4. The first-order valence-corrected chi connectivity index (χ1v) is 6.12. The van der Waals surface area contributed by atoms with Gasteiger partial charge in [0.15, 0.2) is 5.65 Å². The fourth-order valence-corrected chi connectivity index (χ4v) is 2.46. The summed E-state index contributed by atoms with van der Waals surface area (Å²) in [6.45, 7) is 4.27. The molecular weight excluding hydrogens is 214 g/mol. The molecule has 90 valence electrons. The maximum Gasteiger partial charge on any atom is 0.240 e. The summed E-state index contributed by atoms with van der Waals surface area (Å²) in [6, 6.07) is 4.17. The summed E-state index contributed by atoms with van der Waals surface area (Å²) in [5, 5.41) is 4.27. The van der Waals surface area contributed by atoms with Crippen LogP contribution < -0.4 is 10.6 Å². The van der Waals surface area contributed by atoms with E-state index in [1.165, 1.54) is 24.8 Å². The molecule has 0 aliphatic carbocycles. The molecule has 0 radical (unpaired) electrons. The van der Waals surface area contributed by atoms with Crippen LogP contribution in [0, 0.1) is 6.92 Å². The average molecular weight is 231 g/mol. The fourth-order valence-electron chi connectivity index (χ4n) is 2.46. The number of fused-ring (bicyclic) bond motifs is 1. The molecule has 3 rings (SSSR count). The third-order valence-electron chi connectivity index (χ3n) is 3.26. The summed E-state index contributed by atoms with van der Waals surface area (Å²) in [5.74, 6) is 1.46. The summed E-state index contributed by atoms with van der Waals surface area (Å²) in [6.07, 6.45) is 3.82. The van der Waals surface area contributed by atoms with E-state index in [9.17, 15) is 0 Å². The predicted molar refractivity (Wildman–Crippen MR) is 68.2 cm³/mol. The van der Waals surface area contributed by atoms with E-state index in [0.717, 1.165) is 24.6 Å². The Kier molecular flexibility index (Phi) is 2.39. The molecule has 5 nitrogen and oxygen atoms in total. The molecule has 0 atom stereocenters. The molecule has 2 aromatic heterocycles. The molecule has 1 aliphatic heterocycles. The van der Waals surface area contributed by atoms with E-state index in [0.29, 0.717) is 5.95 Å². The Labute approximate surface area is 100 Å². The molecular formula is C12H17N5. The first-order valence-electron chi connectivity index (χ1n) is 6.12. The van der Waals surface area contributed by atoms with Gasteiger partial charge in [-0.15, -0.1) is 5.10 Å². The maximum atomic E-state index is 5.68. The second-order valence-corrected chi connectivity index (χ2v) is 4.68. The second kappa shape index (κ2) is 3.91. The lowest BCUT2D eigenvalue weighted by molar-refractivity contribution is 0.569. The van der Waals surface area contributed by atoms with E-state index in [1.807, 2.05) is 10.6 Å². The van der Waals surface area contributed by atoms with Crippen LogP contribution in [0.25, 0.3) is 5.65 Å². The number of hydrogen-bond donors (Lipinski definition) is 1. The topological polar surface area (TPSA) is 59.5 Å². The van der Waals surface area contributed by atoms with Crippen molar-refractivity contribution in [3.05, 3.63) is 17.7 Å². The Bertz CT molecular complexity index is 539. The van der Waals surface area contributed by atoms with E-state index < -0.39 is 0 Å². The van der Waals surface area contributed by atoms with Crippen molar-refractivity contribution in [2.75, 3.05) is 23.7 Å². The molecule has 0 spiro atoms. The molecule has 3 heterocycles. The zero-order valence-electron chi connectivity index (χ0n) is 10.1. The minimum atomic E-state index is 0.342. The molecule has 1 fully saturated rings. The Balaban J connectivity index is 2.12. The first kappa shape index (κ1) is 10.4. The molecule has 0 unspecified atom stereocenters. The summed E-state index contributed by atoms with van der Waals surface area (Å²) >= 11 is 0. The van der Waals surface area contributed by atoms with Crippen molar-refractivity contribution >= 4 is 17.4 Å². The van der Waals surface area contributed by atoms with Crippen LogP contribution in [0.2, 0.25) is 0 Å². The molecule has 2 N–H and O–H groups in total. The van der Waals surface area contributed by atoms with Gasteiger partial charge in [0, 0.05) is 13.1 Å². The highest BCUT2D eigenvalue weighted by Crippen LogP contribution is 2.22. The standard InChI is InChI=1S/C12H17N5/c1-9-7-10-14-12(13)15-17(10)11(8-9)16-5-3-2-4-6-16/h7-8H,2-6H2,1H3,(H2,13,15). The lowest BCUT2D eigenvalue weighted by Crippen LogP contribution is -2.31. The molecule has 0 bridgehead atoms. The molecule has 0 saturated carbocycles. The van der Waals surface area contributed by atoms with E-state index in [1.54, 1.807) is 0 Å². The van der Waals surface area contributed by atoms with Crippen molar-refractivity contribution in [1.29, 1.82) is 0 Å². The van der Waals surface area contributed by atoms with Crippen LogP contribution in [-0.2, 0) is 0 Å². The quantitative estimate of drug-likeness (QED) is 0.810. The number of rotatable bonds is 1. The fraction of sp³-hybridized carbons (Fsp3) is 0.500. The van der Waals surface area contributed by atoms with E-state index in [4.69, 9.17) is 5.73 Å². The van der Waals surface area contributed by atoms with Crippen LogP contribution in [0.3, 0.4) is 0 Å². The highest BCUT2D eigenvalue weighted by Gasteiger charge is 2.15. The van der Waals surface area contributed by atoms with Gasteiger partial charge in [0.25, 0.3) is 0 Å². The number of hydrogen-bond acceptors (Lipinski definition) is 4. The van der Waals surface area contributed by atoms with Crippen LogP contribution in [0.1, 0.15) is 24.8 Å². The Morgan fingerprint density at radius 1 is 1.18 bits per heavy atom. The lowest BCUT2D eigenvalue weighted by atomic mass is 10.1. The Morgan fingerprint density at radius 2 is 1.94 bits per heavy atom. The SMILES string of the molecule is Cc1cc(N2CCCCC2)n2nc(N)nc2c1. The average Bonchev–Trinajstić information content (AvgIpc) is 2.69. The number of nitrogen functional groups attached to an aromatic ring is 1. The number of aromatic nitrogens is 3. The van der Waals surface area contributed by atoms with Crippen LogP contribution in [0.15, 0.2) is 12.1 Å². The lowest BCUT2D eigenvalue weighted by Gasteiger charge is -2.28. The predicted octanol–water partition coefficient (Wildman–Crippen LogP) is 1.61. The highest BCUT2D eigenvalue weighted by molar-refractivity contribution is 5.55. The first-order chi connectivity index (χ1) is 8.24. The number of nitrogens with two attached hydrogens (primary N) is 1. The molecule has 5 heteroatoms. The molecule has 0 amide bonds. The summed E-state index contributed by atoms with van der Waals surface area (Å²) < 4.78 is 1.85. The van der Waals surface area contributed by atoms with Gasteiger partial charge in [-0.05, 0) is 43.9 Å². The van der Waals surface area contributed by atoms with Crippen molar-refractivity contribution < 1.29 is 0 Å². The van der Waals surface area contributed by atoms with Gasteiger partial charge in [-0.3, -0.25) is 0 Å². The van der Waals surface area contributed by atoms with E-state index in [2.05, 4.69) is 28.0 Å². The van der Waals surface area contributed by atoms with Gasteiger partial charge in [-0.1, -0.05) is 0 Å². The number of pyridine rings is 1. The largest absolute Gasteiger partial charge is 0.366 e. The highest BCUT2D eigenvalue weighted by atomic mass is 15.4. The molecule has 2 aromatic rings. The normalized spacial score (nSPS) is 16.6. The van der Waals surface area contributed by atoms with Crippen molar-refractivity contribution in [1.82, 2.24) is 14.6 Å². The molecule has 17 heavy (non-hydrogen) atoms. The van der Waals surface area contributed by atoms with Gasteiger partial charge in [-0.25, -0.2) is 0 Å². The third kappa shape index (κ3) is 1.81. The van der Waals surface area contributed by atoms with Crippen molar-refractivity contribution in [2.24, 2.45) is 0 Å². The van der Waals surface area contributed by atoms with E-state index >= 15 is 0 Å². The van der Waals surface area contributed by atoms with Gasteiger partial charge in [0.1, 0.15) is 5.82 Å². The van der Waals surface area contributed by atoms with Gasteiger partial charge in [0.05, 0.1) is 0 Å². The van der Waals surface area contributed by atoms with Crippen molar-refractivity contribution in [2.45, 2.75) is 26.2 Å². The Hall–Kier alpha value is -1.78. The molecule has 1 aliphatic rings. The van der Waals surface area contributed by atoms with Crippen LogP contribution in [-0.4, -0.2) is 27.7 Å². The van der Waals surface area contributed by atoms with Gasteiger partial charge in [0.2, 0.25) is 5.95 Å². The monoisotopic (exact) mass is 231 g/mol. The summed E-state index contributed by atoms with van der Waals surface area (Å²) in [4.78, 5) is 6.61. The molecule has 1 saturated heterocycles. The minimum absolute atomic E-state index is 0.342. The van der Waals surface area contributed by atoms with Gasteiger partial charge < -0.3 is 10.6 Å². The van der Waals surface area contributed by atoms with E-state index in [-0.39, 0.29) is 0 Å². The van der Waals surface area contributed by atoms with Crippen LogP contribution >= 0.6 is 0 Å². The van der Waals surface area contributed by atoms with Gasteiger partial charge in [-0.2, -0.15) is 9.50 Å². The summed E-state index contributed by atoms with van der Waals surface area (Å²) in [5.41, 5.74) is 7.71. The zero-order valence-corrected chi connectivity index (χ0v) is 10.1. The number of anilines is 2. The second-order valence-electron chi connectivity index (χ2n) is 4.68. The van der Waals surface area contributed by atoms with Crippen LogP contribution in [0.5, 0.6) is 0 Å². The minimum Gasteiger partial charge on any atom is -0.366 e. The Morgan fingerprint density at radius 3 is 2.71 bits per heavy atom.